The highest BCUT2D eigenvalue weighted by Gasteiger charge is 2.04. The molecule has 96 valence electrons. The Morgan fingerprint density at radius 3 is 2.61 bits per heavy atom. The SMILES string of the molecule is COc1ccc(CCc2ncc(CCN)o2)cc1. The van der Waals surface area contributed by atoms with Gasteiger partial charge in [-0.15, -0.1) is 0 Å². The van der Waals surface area contributed by atoms with Crippen molar-refractivity contribution in [1.29, 1.82) is 0 Å². The van der Waals surface area contributed by atoms with Crippen molar-refractivity contribution in [1.82, 2.24) is 4.98 Å². The van der Waals surface area contributed by atoms with Gasteiger partial charge in [-0.3, -0.25) is 0 Å². The van der Waals surface area contributed by atoms with Gasteiger partial charge >= 0.3 is 0 Å². The minimum atomic E-state index is 0.590. The van der Waals surface area contributed by atoms with Gasteiger partial charge < -0.3 is 14.9 Å². The second-order valence-corrected chi connectivity index (χ2v) is 4.11. The Bertz CT molecular complexity index is 477. The van der Waals surface area contributed by atoms with Gasteiger partial charge in [-0.05, 0) is 30.7 Å². The van der Waals surface area contributed by atoms with E-state index in [2.05, 4.69) is 17.1 Å². The molecule has 0 bridgehead atoms. The van der Waals surface area contributed by atoms with Crippen molar-refractivity contribution in [2.24, 2.45) is 5.73 Å². The molecule has 2 rings (SSSR count). The molecule has 0 unspecified atom stereocenters. The zero-order valence-electron chi connectivity index (χ0n) is 10.6. The lowest BCUT2D eigenvalue weighted by Gasteiger charge is -2.01. The number of ether oxygens (including phenoxy) is 1. The number of hydrogen-bond acceptors (Lipinski definition) is 4. The van der Waals surface area contributed by atoms with Gasteiger partial charge in [0.1, 0.15) is 11.5 Å². The van der Waals surface area contributed by atoms with Crippen LogP contribution in [0, 0.1) is 0 Å². The van der Waals surface area contributed by atoms with E-state index in [1.165, 1.54) is 5.56 Å². The Morgan fingerprint density at radius 1 is 1.17 bits per heavy atom. The third-order valence-corrected chi connectivity index (χ3v) is 2.78. The Morgan fingerprint density at radius 2 is 1.94 bits per heavy atom. The lowest BCUT2D eigenvalue weighted by Crippen LogP contribution is -2.01. The maximum absolute atomic E-state index is 5.57. The number of aryl methyl sites for hydroxylation is 2. The number of methoxy groups -OCH3 is 1. The van der Waals surface area contributed by atoms with Gasteiger partial charge in [0.25, 0.3) is 0 Å². The van der Waals surface area contributed by atoms with E-state index in [4.69, 9.17) is 14.9 Å². The Labute approximate surface area is 107 Å². The van der Waals surface area contributed by atoms with E-state index < -0.39 is 0 Å². The van der Waals surface area contributed by atoms with Gasteiger partial charge in [-0.2, -0.15) is 0 Å². The summed E-state index contributed by atoms with van der Waals surface area (Å²) in [5, 5.41) is 0. The van der Waals surface area contributed by atoms with Crippen molar-refractivity contribution in [3.8, 4) is 5.75 Å². The van der Waals surface area contributed by atoms with Crippen molar-refractivity contribution in [2.45, 2.75) is 19.3 Å². The molecule has 2 N–H and O–H groups in total. The Kier molecular flexibility index (Phi) is 4.36. The summed E-state index contributed by atoms with van der Waals surface area (Å²) in [6.07, 6.45) is 4.22. The normalized spacial score (nSPS) is 10.6. The van der Waals surface area contributed by atoms with E-state index in [9.17, 15) is 0 Å². The summed E-state index contributed by atoms with van der Waals surface area (Å²) in [6, 6.07) is 8.04. The third-order valence-electron chi connectivity index (χ3n) is 2.78. The van der Waals surface area contributed by atoms with Crippen LogP contribution in [0.5, 0.6) is 5.75 Å². The summed E-state index contributed by atoms with van der Waals surface area (Å²) in [5.74, 6) is 2.51. The van der Waals surface area contributed by atoms with Crippen molar-refractivity contribution >= 4 is 0 Å². The molecule has 18 heavy (non-hydrogen) atoms. The summed E-state index contributed by atoms with van der Waals surface area (Å²) in [6.45, 7) is 0.590. The van der Waals surface area contributed by atoms with Crippen molar-refractivity contribution in [3.05, 3.63) is 47.7 Å². The number of hydrogen-bond donors (Lipinski definition) is 1. The topological polar surface area (TPSA) is 61.3 Å². The standard InChI is InChI=1S/C14H18N2O2/c1-17-12-5-2-11(3-6-12)4-7-14-16-10-13(18-14)8-9-15/h2-3,5-6,10H,4,7-9,15H2,1H3. The number of nitrogens with zero attached hydrogens (tertiary/aromatic N) is 1. The fourth-order valence-electron chi connectivity index (χ4n) is 1.76. The summed E-state index contributed by atoms with van der Waals surface area (Å²) in [7, 11) is 1.67. The van der Waals surface area contributed by atoms with Crippen LogP contribution in [0.25, 0.3) is 0 Å². The second-order valence-electron chi connectivity index (χ2n) is 4.11. The highest BCUT2D eigenvalue weighted by atomic mass is 16.5. The average molecular weight is 246 g/mol. The minimum Gasteiger partial charge on any atom is -0.497 e. The predicted molar refractivity (Wildman–Crippen MR) is 69.7 cm³/mol. The van der Waals surface area contributed by atoms with Crippen LogP contribution < -0.4 is 10.5 Å². The van der Waals surface area contributed by atoms with Crippen LogP contribution in [0.15, 0.2) is 34.9 Å². The fourth-order valence-corrected chi connectivity index (χ4v) is 1.76. The molecule has 0 saturated heterocycles. The van der Waals surface area contributed by atoms with Gasteiger partial charge in [0.2, 0.25) is 0 Å². The van der Waals surface area contributed by atoms with Crippen LogP contribution >= 0.6 is 0 Å². The molecule has 2 aromatic rings. The monoisotopic (exact) mass is 246 g/mol. The number of nitrogens with two attached hydrogens (primary N) is 1. The molecule has 0 radical (unpaired) electrons. The van der Waals surface area contributed by atoms with Crippen LogP contribution in [0.3, 0.4) is 0 Å². The second kappa shape index (κ2) is 6.21. The summed E-state index contributed by atoms with van der Waals surface area (Å²) < 4.78 is 10.7. The highest BCUT2D eigenvalue weighted by molar-refractivity contribution is 5.27. The molecule has 0 fully saturated rings. The Balaban J connectivity index is 1.89. The fraction of sp³-hybridized carbons (Fsp3) is 0.357. The smallest absolute Gasteiger partial charge is 0.194 e. The predicted octanol–water partition coefficient (Wildman–Crippen LogP) is 1.97. The van der Waals surface area contributed by atoms with E-state index in [1.807, 2.05) is 12.1 Å². The van der Waals surface area contributed by atoms with E-state index in [1.54, 1.807) is 13.3 Å². The van der Waals surface area contributed by atoms with Crippen molar-refractivity contribution < 1.29 is 9.15 Å². The first-order valence-corrected chi connectivity index (χ1v) is 6.08. The van der Waals surface area contributed by atoms with Crippen molar-refractivity contribution in [2.75, 3.05) is 13.7 Å². The first-order valence-electron chi connectivity index (χ1n) is 6.08. The summed E-state index contributed by atoms with van der Waals surface area (Å²) in [4.78, 5) is 4.24. The van der Waals surface area contributed by atoms with Gasteiger partial charge in [0, 0.05) is 12.8 Å². The molecule has 1 aromatic carbocycles. The van der Waals surface area contributed by atoms with Crippen LogP contribution in [0.1, 0.15) is 17.2 Å². The van der Waals surface area contributed by atoms with Crippen LogP contribution in [-0.4, -0.2) is 18.6 Å². The maximum Gasteiger partial charge on any atom is 0.194 e. The van der Waals surface area contributed by atoms with Crippen LogP contribution in [-0.2, 0) is 19.3 Å². The van der Waals surface area contributed by atoms with Gasteiger partial charge in [-0.1, -0.05) is 12.1 Å². The number of benzene rings is 1. The molecule has 0 spiro atoms. The number of oxazole rings is 1. The zero-order chi connectivity index (χ0) is 12.8. The lowest BCUT2D eigenvalue weighted by molar-refractivity contribution is 0.414. The van der Waals surface area contributed by atoms with Crippen molar-refractivity contribution in [3.63, 3.8) is 0 Å². The molecule has 0 aliphatic rings. The first kappa shape index (κ1) is 12.6. The molecular weight excluding hydrogens is 228 g/mol. The third kappa shape index (κ3) is 3.34. The highest BCUT2D eigenvalue weighted by Crippen LogP contribution is 2.13. The molecule has 0 aliphatic carbocycles. The zero-order valence-corrected chi connectivity index (χ0v) is 10.6. The largest absolute Gasteiger partial charge is 0.497 e. The van der Waals surface area contributed by atoms with E-state index in [-0.39, 0.29) is 0 Å². The molecule has 0 atom stereocenters. The van der Waals surface area contributed by atoms with E-state index in [0.717, 1.165) is 36.7 Å². The van der Waals surface area contributed by atoms with Crippen LogP contribution in [0.4, 0.5) is 0 Å². The van der Waals surface area contributed by atoms with Gasteiger partial charge in [0.05, 0.1) is 13.3 Å². The van der Waals surface area contributed by atoms with Gasteiger partial charge in [-0.25, -0.2) is 4.98 Å². The van der Waals surface area contributed by atoms with Gasteiger partial charge in [0.15, 0.2) is 5.89 Å². The summed E-state index contributed by atoms with van der Waals surface area (Å²) >= 11 is 0. The molecule has 1 heterocycles. The Hall–Kier alpha value is -1.81. The first-order chi connectivity index (χ1) is 8.81. The molecule has 0 amide bonds. The molecular formula is C14H18N2O2. The quantitative estimate of drug-likeness (QED) is 0.846. The van der Waals surface area contributed by atoms with E-state index >= 15 is 0 Å². The minimum absolute atomic E-state index is 0.590. The molecule has 4 nitrogen and oxygen atoms in total. The lowest BCUT2D eigenvalue weighted by atomic mass is 10.1. The van der Waals surface area contributed by atoms with E-state index in [0.29, 0.717) is 6.54 Å². The number of rotatable bonds is 6. The molecule has 0 aliphatic heterocycles. The molecule has 0 saturated carbocycles. The molecule has 4 heteroatoms. The average Bonchev–Trinajstić information content (AvgIpc) is 2.85. The van der Waals surface area contributed by atoms with Crippen LogP contribution in [0.2, 0.25) is 0 Å². The number of aromatic nitrogens is 1. The molecule has 1 aromatic heterocycles. The maximum atomic E-state index is 5.57. The summed E-state index contributed by atoms with van der Waals surface area (Å²) in [5.41, 5.74) is 6.71.